The van der Waals surface area contributed by atoms with E-state index in [2.05, 4.69) is 10.3 Å². The van der Waals surface area contributed by atoms with Crippen LogP contribution in [0.2, 0.25) is 0 Å². The first-order valence-corrected chi connectivity index (χ1v) is 12.0. The fourth-order valence-corrected chi connectivity index (χ4v) is 4.42. The quantitative estimate of drug-likeness (QED) is 0.391. The molecular formula is C29H27N5O2. The van der Waals surface area contributed by atoms with E-state index in [1.54, 1.807) is 29.2 Å². The van der Waals surface area contributed by atoms with Gasteiger partial charge in [-0.1, -0.05) is 30.3 Å². The van der Waals surface area contributed by atoms with Gasteiger partial charge in [-0.05, 0) is 61.7 Å². The lowest BCUT2D eigenvalue weighted by Crippen LogP contribution is -2.29. The predicted molar refractivity (Wildman–Crippen MR) is 141 cm³/mol. The third-order valence-corrected chi connectivity index (χ3v) is 6.25. The molecule has 2 amide bonds. The number of anilines is 1. The molecule has 7 nitrogen and oxygen atoms in total. The van der Waals surface area contributed by atoms with Crippen molar-refractivity contribution in [3.05, 3.63) is 102 Å². The Hall–Kier alpha value is -4.52. The topological polar surface area (TPSA) is 80.1 Å². The summed E-state index contributed by atoms with van der Waals surface area (Å²) in [6, 6.07) is 19.1. The van der Waals surface area contributed by atoms with Crippen LogP contribution in [0.1, 0.15) is 34.3 Å². The number of likely N-dealkylation sites (tertiary alicyclic amines) is 1. The number of para-hydroxylation sites is 1. The summed E-state index contributed by atoms with van der Waals surface area (Å²) in [5, 5.41) is 7.66. The van der Waals surface area contributed by atoms with Crippen molar-refractivity contribution in [3.8, 4) is 16.9 Å². The van der Waals surface area contributed by atoms with Crippen molar-refractivity contribution in [2.24, 2.45) is 0 Å². The van der Waals surface area contributed by atoms with Crippen LogP contribution in [0.4, 0.5) is 5.69 Å². The standard InChI is InChI=1S/C29H27N5O2/c1-21-9-7-13-25(27(21)29(36)33-17-5-6-18-33)31-26(35)15-14-23-20-34(24-11-3-2-4-12-24)32-28(23)22-10-8-16-30-19-22/h2-4,7-16,19-20H,5-6,17-18H2,1H3,(H,31,35). The summed E-state index contributed by atoms with van der Waals surface area (Å²) < 4.78 is 1.79. The summed E-state index contributed by atoms with van der Waals surface area (Å²) >= 11 is 0. The lowest BCUT2D eigenvalue weighted by atomic mass is 10.0. The maximum absolute atomic E-state index is 13.1. The minimum absolute atomic E-state index is 0.0344. The van der Waals surface area contributed by atoms with Gasteiger partial charge in [0.25, 0.3) is 5.91 Å². The van der Waals surface area contributed by atoms with Gasteiger partial charge in [-0.2, -0.15) is 5.10 Å². The highest BCUT2D eigenvalue weighted by Gasteiger charge is 2.24. The molecule has 1 aliphatic heterocycles. The van der Waals surface area contributed by atoms with Crippen molar-refractivity contribution in [2.75, 3.05) is 18.4 Å². The summed E-state index contributed by atoms with van der Waals surface area (Å²) in [6.45, 7) is 3.40. The number of aryl methyl sites for hydroxylation is 1. The second kappa shape index (κ2) is 10.4. The summed E-state index contributed by atoms with van der Waals surface area (Å²) in [5.74, 6) is -0.353. The molecule has 7 heteroatoms. The SMILES string of the molecule is Cc1cccc(NC(=O)C=Cc2cn(-c3ccccc3)nc2-c2cccnc2)c1C(=O)N1CCCC1. The Bertz CT molecular complexity index is 1400. The molecule has 0 unspecified atom stereocenters. The first-order chi connectivity index (χ1) is 17.6. The van der Waals surface area contributed by atoms with E-state index in [0.29, 0.717) is 11.3 Å². The second-order valence-corrected chi connectivity index (χ2v) is 8.77. The molecule has 0 spiro atoms. The number of carbonyl (C=O) groups is 2. The maximum Gasteiger partial charge on any atom is 0.256 e. The molecular weight excluding hydrogens is 450 g/mol. The zero-order chi connectivity index (χ0) is 24.9. The monoisotopic (exact) mass is 477 g/mol. The van der Waals surface area contributed by atoms with Crippen molar-refractivity contribution in [1.29, 1.82) is 0 Å². The number of amides is 2. The number of rotatable bonds is 6. The Balaban J connectivity index is 1.42. The molecule has 36 heavy (non-hydrogen) atoms. The van der Waals surface area contributed by atoms with Crippen LogP contribution in [0.3, 0.4) is 0 Å². The van der Waals surface area contributed by atoms with Gasteiger partial charge < -0.3 is 10.2 Å². The summed E-state index contributed by atoms with van der Waals surface area (Å²) in [4.78, 5) is 32.2. The van der Waals surface area contributed by atoms with Gasteiger partial charge in [0.1, 0.15) is 5.69 Å². The van der Waals surface area contributed by atoms with E-state index in [-0.39, 0.29) is 11.8 Å². The smallest absolute Gasteiger partial charge is 0.256 e. The Morgan fingerprint density at radius 1 is 0.972 bits per heavy atom. The lowest BCUT2D eigenvalue weighted by Gasteiger charge is -2.19. The van der Waals surface area contributed by atoms with Gasteiger partial charge in [0, 0.05) is 48.9 Å². The van der Waals surface area contributed by atoms with Crippen molar-refractivity contribution in [1.82, 2.24) is 19.7 Å². The molecule has 0 aliphatic carbocycles. The molecule has 2 aromatic carbocycles. The largest absolute Gasteiger partial charge is 0.339 e. The number of pyridine rings is 1. The Kier molecular flexibility index (Phi) is 6.71. The first kappa shape index (κ1) is 23.2. The van der Waals surface area contributed by atoms with Gasteiger partial charge in [-0.25, -0.2) is 4.68 Å². The van der Waals surface area contributed by atoms with Crippen LogP contribution in [0.5, 0.6) is 0 Å². The molecule has 4 aromatic rings. The lowest BCUT2D eigenvalue weighted by molar-refractivity contribution is -0.111. The third-order valence-electron chi connectivity index (χ3n) is 6.25. The Labute approximate surface area is 210 Å². The molecule has 0 atom stereocenters. The fraction of sp³-hybridized carbons (Fsp3) is 0.172. The summed E-state index contributed by atoms with van der Waals surface area (Å²) in [7, 11) is 0. The van der Waals surface area contributed by atoms with Gasteiger partial charge in [-0.15, -0.1) is 0 Å². The molecule has 2 aromatic heterocycles. The average Bonchev–Trinajstić information content (AvgIpc) is 3.59. The first-order valence-electron chi connectivity index (χ1n) is 12.0. The molecule has 1 N–H and O–H groups in total. The third kappa shape index (κ3) is 4.95. The van der Waals surface area contributed by atoms with Gasteiger partial charge in [-0.3, -0.25) is 14.6 Å². The van der Waals surface area contributed by atoms with Crippen molar-refractivity contribution < 1.29 is 9.59 Å². The number of nitrogens with one attached hydrogen (secondary N) is 1. The number of carbonyl (C=O) groups excluding carboxylic acids is 2. The van der Waals surface area contributed by atoms with Crippen molar-refractivity contribution in [2.45, 2.75) is 19.8 Å². The molecule has 1 saturated heterocycles. The zero-order valence-corrected chi connectivity index (χ0v) is 20.1. The van der Waals surface area contributed by atoms with E-state index in [4.69, 9.17) is 5.10 Å². The molecule has 0 saturated carbocycles. The van der Waals surface area contributed by atoms with Gasteiger partial charge >= 0.3 is 0 Å². The zero-order valence-electron chi connectivity index (χ0n) is 20.1. The van der Waals surface area contributed by atoms with Crippen LogP contribution >= 0.6 is 0 Å². The molecule has 1 aliphatic rings. The van der Waals surface area contributed by atoms with E-state index in [9.17, 15) is 9.59 Å². The van der Waals surface area contributed by atoms with Crippen LogP contribution in [0.15, 0.2) is 85.3 Å². The molecule has 1 fully saturated rings. The summed E-state index contributed by atoms with van der Waals surface area (Å²) in [5.41, 5.74) is 5.18. The fourth-order valence-electron chi connectivity index (χ4n) is 4.42. The van der Waals surface area contributed by atoms with Crippen LogP contribution in [0.25, 0.3) is 23.0 Å². The predicted octanol–water partition coefficient (Wildman–Crippen LogP) is 5.13. The van der Waals surface area contributed by atoms with Crippen LogP contribution < -0.4 is 5.32 Å². The molecule has 3 heterocycles. The minimum atomic E-state index is -0.319. The maximum atomic E-state index is 13.1. The van der Waals surface area contributed by atoms with Crippen LogP contribution in [0, 0.1) is 6.92 Å². The Morgan fingerprint density at radius 3 is 2.53 bits per heavy atom. The molecule has 0 bridgehead atoms. The van der Waals surface area contributed by atoms with Crippen molar-refractivity contribution >= 4 is 23.6 Å². The minimum Gasteiger partial charge on any atom is -0.339 e. The normalized spacial score (nSPS) is 13.3. The van der Waals surface area contributed by atoms with Gasteiger partial charge in [0.2, 0.25) is 5.91 Å². The average molecular weight is 478 g/mol. The van der Waals surface area contributed by atoms with Gasteiger partial charge in [0.15, 0.2) is 0 Å². The molecule has 0 radical (unpaired) electrons. The van der Waals surface area contributed by atoms with E-state index >= 15 is 0 Å². The number of nitrogens with zero attached hydrogens (tertiary/aromatic N) is 4. The number of benzene rings is 2. The number of aromatic nitrogens is 3. The molecule has 180 valence electrons. The molecule has 5 rings (SSSR count). The Morgan fingerprint density at radius 2 is 1.78 bits per heavy atom. The van der Waals surface area contributed by atoms with E-state index in [1.807, 2.05) is 72.6 Å². The highest BCUT2D eigenvalue weighted by molar-refractivity contribution is 6.08. The second-order valence-electron chi connectivity index (χ2n) is 8.77. The highest BCUT2D eigenvalue weighted by Crippen LogP contribution is 2.26. The van der Waals surface area contributed by atoms with E-state index < -0.39 is 0 Å². The van der Waals surface area contributed by atoms with Crippen LogP contribution in [-0.4, -0.2) is 44.6 Å². The van der Waals surface area contributed by atoms with Gasteiger partial charge in [0.05, 0.1) is 16.9 Å². The van der Waals surface area contributed by atoms with E-state index in [0.717, 1.165) is 54.0 Å². The number of hydrogen-bond donors (Lipinski definition) is 1. The highest BCUT2D eigenvalue weighted by atomic mass is 16.2. The summed E-state index contributed by atoms with van der Waals surface area (Å²) in [6.07, 6.45) is 10.6. The van der Waals surface area contributed by atoms with Crippen LogP contribution in [-0.2, 0) is 4.79 Å². The van der Waals surface area contributed by atoms with E-state index in [1.165, 1.54) is 6.08 Å². The number of hydrogen-bond acceptors (Lipinski definition) is 4. The van der Waals surface area contributed by atoms with Crippen molar-refractivity contribution in [3.63, 3.8) is 0 Å².